The monoisotopic (exact) mass is 237 g/mol. The van der Waals surface area contributed by atoms with Crippen LogP contribution in [0.25, 0.3) is 0 Å². The second-order valence-corrected chi connectivity index (χ2v) is 4.58. The minimum Gasteiger partial charge on any atom is -0.366 e. The molecule has 0 spiro atoms. The quantitative estimate of drug-likeness (QED) is 0.854. The highest BCUT2D eigenvalue weighted by Crippen LogP contribution is 2.25. The fourth-order valence-electron chi connectivity index (χ4n) is 2.30. The number of likely N-dealkylation sites (N-methyl/N-ethyl adjacent to an activating group) is 1. The molecule has 0 aromatic heterocycles. The molecule has 1 fully saturated rings. The predicted molar refractivity (Wildman–Crippen MR) is 68.9 cm³/mol. The maximum Gasteiger partial charge on any atom is 0.146 e. The van der Waals surface area contributed by atoms with E-state index in [2.05, 4.69) is 16.8 Å². The van der Waals surface area contributed by atoms with E-state index in [1.807, 2.05) is 6.07 Å². The molecule has 1 aliphatic rings. The topological polar surface area (TPSA) is 32.5 Å². The van der Waals surface area contributed by atoms with Crippen molar-refractivity contribution in [2.24, 2.45) is 5.73 Å². The first-order valence-corrected chi connectivity index (χ1v) is 6.13. The number of anilines is 1. The van der Waals surface area contributed by atoms with Crippen LogP contribution in [0.3, 0.4) is 0 Å². The largest absolute Gasteiger partial charge is 0.366 e. The summed E-state index contributed by atoms with van der Waals surface area (Å²) in [5.41, 5.74) is 7.36. The zero-order valence-electron chi connectivity index (χ0n) is 10.3. The summed E-state index contributed by atoms with van der Waals surface area (Å²) in [6.45, 7) is 4.29. The number of nitrogens with zero attached hydrogens (tertiary/aromatic N) is 2. The molecule has 0 bridgehead atoms. The van der Waals surface area contributed by atoms with Crippen molar-refractivity contribution in [3.05, 3.63) is 29.6 Å². The van der Waals surface area contributed by atoms with Crippen LogP contribution in [0.15, 0.2) is 18.2 Å². The Labute approximate surface area is 102 Å². The lowest BCUT2D eigenvalue weighted by Crippen LogP contribution is -2.45. The van der Waals surface area contributed by atoms with E-state index in [0.717, 1.165) is 43.9 Å². The predicted octanol–water partition coefficient (Wildman–Crippen LogP) is 1.08. The van der Waals surface area contributed by atoms with Gasteiger partial charge >= 0.3 is 0 Å². The van der Waals surface area contributed by atoms with Gasteiger partial charge in [0.2, 0.25) is 0 Å². The van der Waals surface area contributed by atoms with Gasteiger partial charge in [0.15, 0.2) is 0 Å². The van der Waals surface area contributed by atoms with E-state index in [4.69, 9.17) is 5.73 Å². The standard InChI is InChI=1S/C13H20FN3/c1-16-7-9-17(10-8-16)13-11(5-6-15)3-2-4-12(13)14/h2-4H,5-10,15H2,1H3. The molecule has 17 heavy (non-hydrogen) atoms. The van der Waals surface area contributed by atoms with E-state index in [9.17, 15) is 4.39 Å². The van der Waals surface area contributed by atoms with E-state index < -0.39 is 0 Å². The van der Waals surface area contributed by atoms with Crippen LogP contribution in [0.1, 0.15) is 5.56 Å². The van der Waals surface area contributed by atoms with Crippen LogP contribution in [0.4, 0.5) is 10.1 Å². The molecule has 3 nitrogen and oxygen atoms in total. The lowest BCUT2D eigenvalue weighted by molar-refractivity contribution is 0.311. The molecule has 0 atom stereocenters. The smallest absolute Gasteiger partial charge is 0.146 e. The highest BCUT2D eigenvalue weighted by Gasteiger charge is 2.19. The van der Waals surface area contributed by atoms with Gasteiger partial charge in [-0.05, 0) is 31.6 Å². The minimum absolute atomic E-state index is 0.125. The number of piperazine rings is 1. The van der Waals surface area contributed by atoms with Gasteiger partial charge in [-0.2, -0.15) is 0 Å². The number of rotatable bonds is 3. The maximum absolute atomic E-state index is 14.0. The molecule has 1 heterocycles. The van der Waals surface area contributed by atoms with Crippen LogP contribution in [-0.4, -0.2) is 44.7 Å². The maximum atomic E-state index is 14.0. The Morgan fingerprint density at radius 3 is 2.59 bits per heavy atom. The Morgan fingerprint density at radius 2 is 1.94 bits per heavy atom. The Morgan fingerprint density at radius 1 is 1.24 bits per heavy atom. The van der Waals surface area contributed by atoms with E-state index in [-0.39, 0.29) is 5.82 Å². The third-order valence-corrected chi connectivity index (χ3v) is 3.30. The van der Waals surface area contributed by atoms with Gasteiger partial charge in [-0.3, -0.25) is 0 Å². The van der Waals surface area contributed by atoms with E-state index in [1.54, 1.807) is 6.07 Å². The number of halogens is 1. The third kappa shape index (κ3) is 2.76. The molecule has 1 saturated heterocycles. The molecule has 1 aromatic rings. The van der Waals surface area contributed by atoms with Gasteiger partial charge in [0.1, 0.15) is 5.82 Å². The van der Waals surface area contributed by atoms with Gasteiger partial charge < -0.3 is 15.5 Å². The zero-order valence-corrected chi connectivity index (χ0v) is 10.3. The highest BCUT2D eigenvalue weighted by atomic mass is 19.1. The second kappa shape index (κ2) is 5.47. The SMILES string of the molecule is CN1CCN(c2c(F)cccc2CCN)CC1. The highest BCUT2D eigenvalue weighted by molar-refractivity contribution is 5.55. The third-order valence-electron chi connectivity index (χ3n) is 3.30. The van der Waals surface area contributed by atoms with Crippen LogP contribution in [0, 0.1) is 5.82 Å². The lowest BCUT2D eigenvalue weighted by atomic mass is 10.1. The van der Waals surface area contributed by atoms with Crippen LogP contribution in [0.5, 0.6) is 0 Å². The molecule has 1 aliphatic heterocycles. The van der Waals surface area contributed by atoms with Gasteiger partial charge in [-0.25, -0.2) is 4.39 Å². The van der Waals surface area contributed by atoms with E-state index >= 15 is 0 Å². The summed E-state index contributed by atoms with van der Waals surface area (Å²) in [4.78, 5) is 4.40. The summed E-state index contributed by atoms with van der Waals surface area (Å²) < 4.78 is 14.0. The van der Waals surface area contributed by atoms with Gasteiger partial charge in [0.05, 0.1) is 5.69 Å². The first kappa shape index (κ1) is 12.3. The minimum atomic E-state index is -0.125. The van der Waals surface area contributed by atoms with Crippen molar-refractivity contribution >= 4 is 5.69 Å². The normalized spacial score (nSPS) is 17.5. The summed E-state index contributed by atoms with van der Waals surface area (Å²) >= 11 is 0. The number of para-hydroxylation sites is 1. The van der Waals surface area contributed by atoms with Crippen LogP contribution >= 0.6 is 0 Å². The molecular weight excluding hydrogens is 217 g/mol. The summed E-state index contributed by atoms with van der Waals surface area (Å²) in [6.07, 6.45) is 0.736. The van der Waals surface area contributed by atoms with Crippen LogP contribution in [-0.2, 0) is 6.42 Å². The van der Waals surface area contributed by atoms with E-state index in [1.165, 1.54) is 6.07 Å². The molecule has 4 heteroatoms. The first-order valence-electron chi connectivity index (χ1n) is 6.13. The molecule has 0 unspecified atom stereocenters. The number of nitrogens with two attached hydrogens (primary N) is 1. The van der Waals surface area contributed by atoms with Gasteiger partial charge in [0.25, 0.3) is 0 Å². The fraction of sp³-hybridized carbons (Fsp3) is 0.538. The Balaban J connectivity index is 2.23. The van der Waals surface area contributed by atoms with Crippen molar-refractivity contribution in [3.8, 4) is 0 Å². The van der Waals surface area contributed by atoms with Crippen molar-refractivity contribution < 1.29 is 4.39 Å². The molecule has 0 radical (unpaired) electrons. The molecular formula is C13H20FN3. The molecule has 94 valence electrons. The molecule has 0 saturated carbocycles. The molecule has 2 N–H and O–H groups in total. The van der Waals surface area contributed by atoms with Crippen molar-refractivity contribution in [3.63, 3.8) is 0 Å². The first-order chi connectivity index (χ1) is 8.22. The second-order valence-electron chi connectivity index (χ2n) is 4.58. The molecule has 1 aromatic carbocycles. The summed E-state index contributed by atoms with van der Waals surface area (Å²) in [5.74, 6) is -0.125. The Bertz CT molecular complexity index is 373. The van der Waals surface area contributed by atoms with Gasteiger partial charge in [-0.15, -0.1) is 0 Å². The Hall–Kier alpha value is -1.13. The van der Waals surface area contributed by atoms with Crippen LogP contribution in [0.2, 0.25) is 0 Å². The summed E-state index contributed by atoms with van der Waals surface area (Å²) in [5, 5.41) is 0. The zero-order chi connectivity index (χ0) is 12.3. The van der Waals surface area contributed by atoms with E-state index in [0.29, 0.717) is 6.54 Å². The average molecular weight is 237 g/mol. The lowest BCUT2D eigenvalue weighted by Gasteiger charge is -2.35. The van der Waals surface area contributed by atoms with Crippen molar-refractivity contribution in [2.45, 2.75) is 6.42 Å². The van der Waals surface area contributed by atoms with Crippen molar-refractivity contribution in [1.29, 1.82) is 0 Å². The average Bonchev–Trinajstić information content (AvgIpc) is 2.32. The molecule has 0 amide bonds. The van der Waals surface area contributed by atoms with Gasteiger partial charge in [-0.1, -0.05) is 12.1 Å². The molecule has 2 rings (SSSR count). The summed E-state index contributed by atoms with van der Waals surface area (Å²) in [7, 11) is 2.10. The van der Waals surface area contributed by atoms with Crippen LogP contribution < -0.4 is 10.6 Å². The Kier molecular flexibility index (Phi) is 3.97. The summed E-state index contributed by atoms with van der Waals surface area (Å²) in [6, 6.07) is 5.27. The number of hydrogen-bond donors (Lipinski definition) is 1. The van der Waals surface area contributed by atoms with Gasteiger partial charge in [0, 0.05) is 26.2 Å². The van der Waals surface area contributed by atoms with Crippen molar-refractivity contribution in [2.75, 3.05) is 44.7 Å². The fourth-order valence-corrected chi connectivity index (χ4v) is 2.30. The number of hydrogen-bond acceptors (Lipinski definition) is 3. The van der Waals surface area contributed by atoms with Crippen molar-refractivity contribution in [1.82, 2.24) is 4.90 Å². The molecule has 0 aliphatic carbocycles. The number of benzene rings is 1.